The van der Waals surface area contributed by atoms with E-state index < -0.39 is 5.60 Å². The summed E-state index contributed by atoms with van der Waals surface area (Å²) in [4.78, 5) is 9.86. The van der Waals surface area contributed by atoms with Crippen molar-refractivity contribution in [1.82, 2.24) is 9.97 Å². The highest BCUT2D eigenvalue weighted by Crippen LogP contribution is 2.30. The molecule has 0 spiro atoms. The lowest BCUT2D eigenvalue weighted by atomic mass is 10.0. The number of thiophene rings is 1. The van der Waals surface area contributed by atoms with Crippen LogP contribution >= 0.6 is 11.3 Å². The van der Waals surface area contributed by atoms with Crippen molar-refractivity contribution < 1.29 is 9.52 Å². The molecule has 0 radical (unpaired) electrons. The molecule has 0 aromatic carbocycles. The topological polar surface area (TPSA) is 71.2 Å². The first kappa shape index (κ1) is 14.0. The highest BCUT2D eigenvalue weighted by Gasteiger charge is 2.26. The Morgan fingerprint density at radius 2 is 2.19 bits per heavy atom. The second kappa shape index (κ2) is 5.13. The van der Waals surface area contributed by atoms with E-state index in [4.69, 9.17) is 4.42 Å². The first-order chi connectivity index (χ1) is 9.97. The van der Waals surface area contributed by atoms with E-state index in [-0.39, 0.29) is 0 Å². The minimum absolute atomic E-state index is 0.307. The van der Waals surface area contributed by atoms with Gasteiger partial charge in [0.15, 0.2) is 0 Å². The molecule has 0 saturated carbocycles. The SMILES string of the molecule is Cc1nc(NCC(C)(O)c2ccco2)c2c(C)csc2n1. The molecule has 0 aliphatic rings. The summed E-state index contributed by atoms with van der Waals surface area (Å²) in [7, 11) is 0. The first-order valence-corrected chi connectivity index (χ1v) is 7.58. The van der Waals surface area contributed by atoms with Crippen molar-refractivity contribution in [2.45, 2.75) is 26.4 Å². The molecule has 3 rings (SSSR count). The van der Waals surface area contributed by atoms with Crippen molar-refractivity contribution in [3.8, 4) is 0 Å². The molecular formula is C15H17N3O2S. The van der Waals surface area contributed by atoms with E-state index >= 15 is 0 Å². The highest BCUT2D eigenvalue weighted by molar-refractivity contribution is 7.17. The molecule has 3 aromatic rings. The summed E-state index contributed by atoms with van der Waals surface area (Å²) in [6.07, 6.45) is 1.56. The van der Waals surface area contributed by atoms with E-state index in [0.717, 1.165) is 21.6 Å². The molecule has 6 heteroatoms. The normalized spacial score (nSPS) is 14.3. The summed E-state index contributed by atoms with van der Waals surface area (Å²) in [5.74, 6) is 1.99. The Morgan fingerprint density at radius 1 is 1.38 bits per heavy atom. The van der Waals surface area contributed by atoms with Crippen molar-refractivity contribution in [1.29, 1.82) is 0 Å². The maximum atomic E-state index is 10.5. The maximum absolute atomic E-state index is 10.5. The lowest BCUT2D eigenvalue weighted by Crippen LogP contribution is -2.30. The largest absolute Gasteiger partial charge is 0.466 e. The molecule has 0 aliphatic heterocycles. The average molecular weight is 303 g/mol. The second-order valence-corrected chi connectivity index (χ2v) is 6.18. The molecule has 0 aliphatic carbocycles. The fraction of sp³-hybridized carbons (Fsp3) is 0.333. The van der Waals surface area contributed by atoms with Gasteiger partial charge in [0.25, 0.3) is 0 Å². The van der Waals surface area contributed by atoms with Crippen molar-refractivity contribution in [3.05, 3.63) is 40.9 Å². The molecule has 2 N–H and O–H groups in total. The molecule has 5 nitrogen and oxygen atoms in total. The summed E-state index contributed by atoms with van der Waals surface area (Å²) in [5.41, 5.74) is 0.0358. The lowest BCUT2D eigenvalue weighted by Gasteiger charge is -2.21. The Hall–Kier alpha value is -1.92. The van der Waals surface area contributed by atoms with Crippen LogP contribution < -0.4 is 5.32 Å². The standard InChI is InChI=1S/C15H17N3O2S/c1-9-7-21-14-12(9)13(17-10(2)18-14)16-8-15(3,19)11-5-4-6-20-11/h4-7,19H,8H2,1-3H3,(H,16,17,18). The molecule has 0 saturated heterocycles. The second-order valence-electron chi connectivity index (χ2n) is 5.32. The van der Waals surface area contributed by atoms with E-state index in [1.165, 1.54) is 0 Å². The highest BCUT2D eigenvalue weighted by atomic mass is 32.1. The van der Waals surface area contributed by atoms with E-state index in [1.54, 1.807) is 36.7 Å². The number of rotatable bonds is 4. The zero-order chi connectivity index (χ0) is 15.0. The van der Waals surface area contributed by atoms with Crippen LogP contribution in [0.5, 0.6) is 0 Å². The maximum Gasteiger partial charge on any atom is 0.138 e. The van der Waals surface area contributed by atoms with Crippen LogP contribution in [-0.2, 0) is 5.60 Å². The fourth-order valence-electron chi connectivity index (χ4n) is 2.25. The zero-order valence-corrected chi connectivity index (χ0v) is 13.0. The zero-order valence-electron chi connectivity index (χ0n) is 12.2. The van der Waals surface area contributed by atoms with Gasteiger partial charge in [-0.1, -0.05) is 0 Å². The van der Waals surface area contributed by atoms with Gasteiger partial charge in [-0.05, 0) is 43.8 Å². The summed E-state index contributed by atoms with van der Waals surface area (Å²) in [6, 6.07) is 3.53. The fourth-order valence-corrected chi connectivity index (χ4v) is 3.21. The first-order valence-electron chi connectivity index (χ1n) is 6.70. The van der Waals surface area contributed by atoms with Crippen LogP contribution in [0.15, 0.2) is 28.2 Å². The Balaban J connectivity index is 1.90. The van der Waals surface area contributed by atoms with Gasteiger partial charge in [-0.15, -0.1) is 11.3 Å². The Kier molecular flexibility index (Phi) is 3.43. The van der Waals surface area contributed by atoms with Crippen LogP contribution in [0.3, 0.4) is 0 Å². The average Bonchev–Trinajstić information content (AvgIpc) is 3.07. The molecule has 1 unspecified atom stereocenters. The van der Waals surface area contributed by atoms with Gasteiger partial charge in [0, 0.05) is 0 Å². The number of fused-ring (bicyclic) bond motifs is 1. The van der Waals surface area contributed by atoms with Crippen LogP contribution in [0, 0.1) is 13.8 Å². The van der Waals surface area contributed by atoms with Gasteiger partial charge >= 0.3 is 0 Å². The number of aryl methyl sites for hydroxylation is 2. The molecular weight excluding hydrogens is 286 g/mol. The lowest BCUT2D eigenvalue weighted by molar-refractivity contribution is 0.0476. The van der Waals surface area contributed by atoms with Gasteiger partial charge in [-0.3, -0.25) is 0 Å². The van der Waals surface area contributed by atoms with Gasteiger partial charge < -0.3 is 14.8 Å². The minimum atomic E-state index is -1.10. The summed E-state index contributed by atoms with van der Waals surface area (Å²) in [5, 5.41) is 16.8. The number of hydrogen-bond donors (Lipinski definition) is 2. The summed E-state index contributed by atoms with van der Waals surface area (Å²) < 4.78 is 5.29. The van der Waals surface area contributed by atoms with Crippen molar-refractivity contribution >= 4 is 27.4 Å². The van der Waals surface area contributed by atoms with Crippen LogP contribution in [0.1, 0.15) is 24.1 Å². The summed E-state index contributed by atoms with van der Waals surface area (Å²) in [6.45, 7) is 5.92. The van der Waals surface area contributed by atoms with Gasteiger partial charge in [-0.2, -0.15) is 0 Å². The van der Waals surface area contributed by atoms with Gasteiger partial charge in [-0.25, -0.2) is 9.97 Å². The van der Waals surface area contributed by atoms with E-state index in [2.05, 4.69) is 20.7 Å². The third-order valence-corrected chi connectivity index (χ3v) is 4.37. The number of nitrogens with zero attached hydrogens (tertiary/aromatic N) is 2. The number of furan rings is 1. The number of nitrogens with one attached hydrogen (secondary N) is 1. The van der Waals surface area contributed by atoms with Gasteiger partial charge in [0.1, 0.15) is 27.8 Å². The van der Waals surface area contributed by atoms with Crippen LogP contribution in [0.25, 0.3) is 10.2 Å². The summed E-state index contributed by atoms with van der Waals surface area (Å²) >= 11 is 1.60. The third-order valence-electron chi connectivity index (χ3n) is 3.38. The molecule has 110 valence electrons. The van der Waals surface area contributed by atoms with Crippen LogP contribution in [0.4, 0.5) is 5.82 Å². The quantitative estimate of drug-likeness (QED) is 0.774. The minimum Gasteiger partial charge on any atom is -0.466 e. The van der Waals surface area contributed by atoms with E-state index in [9.17, 15) is 5.11 Å². The Morgan fingerprint density at radius 3 is 2.90 bits per heavy atom. The smallest absolute Gasteiger partial charge is 0.138 e. The van der Waals surface area contributed by atoms with Gasteiger partial charge in [0.05, 0.1) is 18.2 Å². The number of anilines is 1. The van der Waals surface area contributed by atoms with Crippen LogP contribution in [0.2, 0.25) is 0 Å². The number of hydrogen-bond acceptors (Lipinski definition) is 6. The van der Waals surface area contributed by atoms with Crippen molar-refractivity contribution in [2.24, 2.45) is 0 Å². The molecule has 1 atom stereocenters. The Bertz CT molecular complexity index is 763. The van der Waals surface area contributed by atoms with Crippen LogP contribution in [-0.4, -0.2) is 21.6 Å². The molecule has 0 fully saturated rings. The molecule has 3 aromatic heterocycles. The third kappa shape index (κ3) is 2.64. The van der Waals surface area contributed by atoms with Gasteiger partial charge in [0.2, 0.25) is 0 Å². The van der Waals surface area contributed by atoms with Crippen molar-refractivity contribution in [3.63, 3.8) is 0 Å². The predicted molar refractivity (Wildman–Crippen MR) is 83.7 cm³/mol. The monoisotopic (exact) mass is 303 g/mol. The molecule has 3 heterocycles. The number of aromatic nitrogens is 2. The predicted octanol–water partition coefficient (Wildman–Crippen LogP) is 3.22. The number of aliphatic hydroxyl groups is 1. The molecule has 21 heavy (non-hydrogen) atoms. The van der Waals surface area contributed by atoms with E-state index in [1.807, 2.05) is 13.8 Å². The van der Waals surface area contributed by atoms with E-state index in [0.29, 0.717) is 18.1 Å². The van der Waals surface area contributed by atoms with Crippen molar-refractivity contribution in [2.75, 3.05) is 11.9 Å². The molecule has 0 amide bonds. The Labute approximate surface area is 126 Å². The molecule has 0 bridgehead atoms.